The van der Waals surface area contributed by atoms with Gasteiger partial charge in [-0.25, -0.2) is 0 Å². The lowest BCUT2D eigenvalue weighted by atomic mass is 9.81. The van der Waals surface area contributed by atoms with Gasteiger partial charge >= 0.3 is 0 Å². The summed E-state index contributed by atoms with van der Waals surface area (Å²) in [4.78, 5) is 0. The first-order valence-corrected chi connectivity index (χ1v) is 9.53. The van der Waals surface area contributed by atoms with Crippen LogP contribution in [0.3, 0.4) is 0 Å². The number of aliphatic hydroxyl groups is 2. The van der Waals surface area contributed by atoms with Gasteiger partial charge in [-0.1, -0.05) is 50.6 Å². The predicted molar refractivity (Wildman–Crippen MR) is 104 cm³/mol. The van der Waals surface area contributed by atoms with Crippen LogP contribution in [-0.4, -0.2) is 21.9 Å². The van der Waals surface area contributed by atoms with E-state index in [1.54, 1.807) is 0 Å². The third kappa shape index (κ3) is 9.44. The molecule has 0 amide bonds. The van der Waals surface area contributed by atoms with Gasteiger partial charge in [0, 0.05) is 0 Å². The van der Waals surface area contributed by atoms with Crippen LogP contribution in [0.5, 0.6) is 0 Å². The Balaban J connectivity index is 2.25. The molecular formula is C22H38O2. The van der Waals surface area contributed by atoms with Crippen LogP contribution in [0.25, 0.3) is 0 Å². The van der Waals surface area contributed by atoms with E-state index in [1.807, 2.05) is 13.8 Å². The highest BCUT2D eigenvalue weighted by molar-refractivity contribution is 5.34. The minimum absolute atomic E-state index is 0.195. The number of hydrogen-bond donors (Lipinski definition) is 2. The van der Waals surface area contributed by atoms with E-state index in [0.29, 0.717) is 5.41 Å². The molecule has 1 atom stereocenters. The quantitative estimate of drug-likeness (QED) is 0.530. The molecule has 1 saturated carbocycles. The Hall–Kier alpha value is -0.860. The fourth-order valence-corrected chi connectivity index (χ4v) is 3.29. The van der Waals surface area contributed by atoms with Crippen molar-refractivity contribution < 1.29 is 10.2 Å². The molecule has 0 aromatic heterocycles. The first kappa shape index (κ1) is 21.2. The van der Waals surface area contributed by atoms with Gasteiger partial charge in [-0.2, -0.15) is 0 Å². The topological polar surface area (TPSA) is 40.5 Å². The van der Waals surface area contributed by atoms with E-state index in [2.05, 4.69) is 38.7 Å². The van der Waals surface area contributed by atoms with Gasteiger partial charge < -0.3 is 10.2 Å². The van der Waals surface area contributed by atoms with Gasteiger partial charge in [0.05, 0.1) is 11.7 Å². The third-order valence-corrected chi connectivity index (χ3v) is 4.99. The van der Waals surface area contributed by atoms with Gasteiger partial charge in [-0.05, 0) is 76.2 Å². The van der Waals surface area contributed by atoms with Crippen LogP contribution < -0.4 is 0 Å². The van der Waals surface area contributed by atoms with Crippen LogP contribution >= 0.6 is 0 Å². The minimum Gasteiger partial charge on any atom is -0.393 e. The molecule has 2 N–H and O–H groups in total. The molecule has 138 valence electrons. The lowest BCUT2D eigenvalue weighted by Gasteiger charge is -2.26. The molecule has 0 aromatic carbocycles. The Bertz CT molecular complexity index is 449. The molecule has 0 radical (unpaired) electrons. The number of rotatable bonds is 9. The Kier molecular flexibility index (Phi) is 8.45. The van der Waals surface area contributed by atoms with Crippen molar-refractivity contribution in [3.8, 4) is 0 Å². The van der Waals surface area contributed by atoms with E-state index >= 15 is 0 Å². The normalized spacial score (nSPS) is 21.8. The van der Waals surface area contributed by atoms with Crippen molar-refractivity contribution in [3.63, 3.8) is 0 Å². The van der Waals surface area contributed by atoms with E-state index in [-0.39, 0.29) is 6.10 Å². The standard InChI is InChI=1S/C22H38O2/c1-18-12-13-20(23)17-19(18)11-8-6-7-9-14-21(2,3)15-10-16-22(4,5)24/h6,8,11,20,23-24H,1,7,9-10,12-17H2,2-5H3/b8-6+,19-11-/t20-/m0/s1. The summed E-state index contributed by atoms with van der Waals surface area (Å²) in [5.74, 6) is 0. The van der Waals surface area contributed by atoms with Gasteiger partial charge in [0.15, 0.2) is 0 Å². The zero-order valence-electron chi connectivity index (χ0n) is 16.3. The third-order valence-electron chi connectivity index (χ3n) is 4.99. The maximum atomic E-state index is 9.79. The molecule has 1 rings (SSSR count). The molecule has 0 spiro atoms. The Morgan fingerprint density at radius 1 is 1.12 bits per heavy atom. The van der Waals surface area contributed by atoms with Crippen molar-refractivity contribution in [2.45, 2.75) is 97.2 Å². The second-order valence-electron chi connectivity index (χ2n) is 8.84. The summed E-state index contributed by atoms with van der Waals surface area (Å²) in [7, 11) is 0. The Morgan fingerprint density at radius 2 is 1.79 bits per heavy atom. The van der Waals surface area contributed by atoms with Gasteiger partial charge in [0.1, 0.15) is 0 Å². The van der Waals surface area contributed by atoms with E-state index < -0.39 is 5.60 Å². The summed E-state index contributed by atoms with van der Waals surface area (Å²) < 4.78 is 0. The van der Waals surface area contributed by atoms with E-state index in [4.69, 9.17) is 0 Å². The van der Waals surface area contributed by atoms with Crippen LogP contribution in [0.1, 0.15) is 85.5 Å². The molecule has 0 saturated heterocycles. The van der Waals surface area contributed by atoms with Gasteiger partial charge in [0.25, 0.3) is 0 Å². The fourth-order valence-electron chi connectivity index (χ4n) is 3.29. The summed E-state index contributed by atoms with van der Waals surface area (Å²) in [6.45, 7) is 12.5. The van der Waals surface area contributed by atoms with E-state index in [1.165, 1.54) is 30.4 Å². The van der Waals surface area contributed by atoms with Crippen LogP contribution in [0.2, 0.25) is 0 Å². The van der Waals surface area contributed by atoms with Gasteiger partial charge in [-0.15, -0.1) is 0 Å². The summed E-state index contributed by atoms with van der Waals surface area (Å²) in [5.41, 5.74) is 2.19. The summed E-state index contributed by atoms with van der Waals surface area (Å²) in [5, 5.41) is 19.5. The molecule has 0 unspecified atom stereocenters. The Morgan fingerprint density at radius 3 is 2.46 bits per heavy atom. The summed E-state index contributed by atoms with van der Waals surface area (Å²) >= 11 is 0. The van der Waals surface area contributed by atoms with Gasteiger partial charge in [0.2, 0.25) is 0 Å². The average Bonchev–Trinajstić information content (AvgIpc) is 2.44. The minimum atomic E-state index is -0.539. The van der Waals surface area contributed by atoms with E-state index in [0.717, 1.165) is 38.5 Å². The summed E-state index contributed by atoms with van der Waals surface area (Å²) in [6.07, 6.45) is 15.4. The molecule has 1 aliphatic carbocycles. The molecule has 0 aliphatic heterocycles. The average molecular weight is 335 g/mol. The van der Waals surface area contributed by atoms with Crippen LogP contribution in [0.15, 0.2) is 36.0 Å². The van der Waals surface area contributed by atoms with Crippen molar-refractivity contribution in [2.24, 2.45) is 5.41 Å². The van der Waals surface area contributed by atoms with Gasteiger partial charge in [-0.3, -0.25) is 0 Å². The molecule has 0 bridgehead atoms. The zero-order valence-corrected chi connectivity index (χ0v) is 16.3. The first-order chi connectivity index (χ1) is 11.1. The second-order valence-corrected chi connectivity index (χ2v) is 8.84. The van der Waals surface area contributed by atoms with Crippen molar-refractivity contribution in [1.29, 1.82) is 0 Å². The number of allylic oxidation sites excluding steroid dienone is 4. The zero-order chi connectivity index (χ0) is 18.2. The highest BCUT2D eigenvalue weighted by atomic mass is 16.3. The monoisotopic (exact) mass is 334 g/mol. The van der Waals surface area contributed by atoms with Crippen molar-refractivity contribution >= 4 is 0 Å². The number of aliphatic hydroxyl groups excluding tert-OH is 1. The Labute approximate surface area is 149 Å². The molecule has 2 heteroatoms. The first-order valence-electron chi connectivity index (χ1n) is 9.53. The highest BCUT2D eigenvalue weighted by Crippen LogP contribution is 2.31. The summed E-state index contributed by atoms with van der Waals surface area (Å²) in [6, 6.07) is 0. The molecule has 1 fully saturated rings. The molecule has 24 heavy (non-hydrogen) atoms. The van der Waals surface area contributed by atoms with Crippen molar-refractivity contribution in [2.75, 3.05) is 0 Å². The van der Waals surface area contributed by atoms with Crippen LogP contribution in [-0.2, 0) is 0 Å². The second kappa shape index (κ2) is 9.58. The van der Waals surface area contributed by atoms with Crippen LogP contribution in [0, 0.1) is 5.41 Å². The fraction of sp³-hybridized carbons (Fsp3) is 0.727. The predicted octanol–water partition coefficient (Wildman–Crippen LogP) is 5.71. The number of hydrogen-bond acceptors (Lipinski definition) is 2. The van der Waals surface area contributed by atoms with Crippen LogP contribution in [0.4, 0.5) is 0 Å². The maximum absolute atomic E-state index is 9.79. The largest absolute Gasteiger partial charge is 0.393 e. The lowest BCUT2D eigenvalue weighted by molar-refractivity contribution is 0.0643. The molecule has 1 aliphatic rings. The molecular weight excluding hydrogens is 296 g/mol. The maximum Gasteiger partial charge on any atom is 0.0591 e. The SMILES string of the molecule is C=C1CC[C@H](O)C/C1=C/C=C/CCCC(C)(C)CCCC(C)(C)O. The molecule has 0 aromatic rings. The van der Waals surface area contributed by atoms with E-state index in [9.17, 15) is 10.2 Å². The lowest BCUT2D eigenvalue weighted by Crippen LogP contribution is -2.20. The highest BCUT2D eigenvalue weighted by Gasteiger charge is 2.19. The molecule has 0 heterocycles. The smallest absolute Gasteiger partial charge is 0.0591 e. The molecule has 2 nitrogen and oxygen atoms in total. The van der Waals surface area contributed by atoms with Crippen molar-refractivity contribution in [3.05, 3.63) is 36.0 Å². The van der Waals surface area contributed by atoms with Crippen molar-refractivity contribution in [1.82, 2.24) is 0 Å². The number of unbranched alkanes of at least 4 members (excludes halogenated alkanes) is 1.